The highest BCUT2D eigenvalue weighted by atomic mass is 35.5. The molecule has 0 bridgehead atoms. The molecule has 2 rings (SSSR count). The molecule has 112 valence electrons. The van der Waals surface area contributed by atoms with Crippen LogP contribution in [-0.4, -0.2) is 42.6 Å². The summed E-state index contributed by atoms with van der Waals surface area (Å²) in [7, 11) is 1.44. The summed E-state index contributed by atoms with van der Waals surface area (Å²) in [5, 5.41) is 14.3. The molecule has 1 saturated heterocycles. The first-order chi connectivity index (χ1) is 9.11. The lowest BCUT2D eigenvalue weighted by Crippen LogP contribution is -2.49. The third kappa shape index (κ3) is 3.82. The predicted molar refractivity (Wildman–Crippen MR) is 79.6 cm³/mol. The highest BCUT2D eigenvalue weighted by Gasteiger charge is 2.20. The number of nitrogens with zero attached hydrogens (tertiary/aromatic N) is 2. The van der Waals surface area contributed by atoms with Crippen molar-refractivity contribution >= 4 is 18.1 Å². The third-order valence-corrected chi connectivity index (χ3v) is 3.46. The summed E-state index contributed by atoms with van der Waals surface area (Å²) in [4.78, 5) is 12.9. The number of hydrogen-bond donors (Lipinski definition) is 1. The zero-order chi connectivity index (χ0) is 13.8. The van der Waals surface area contributed by atoms with E-state index in [9.17, 15) is 10.1 Å². The molecule has 0 spiro atoms. The lowest BCUT2D eigenvalue weighted by molar-refractivity contribution is -0.385. The van der Waals surface area contributed by atoms with Crippen LogP contribution in [0.1, 0.15) is 12.5 Å². The van der Waals surface area contributed by atoms with Gasteiger partial charge in [0.1, 0.15) is 0 Å². The summed E-state index contributed by atoms with van der Waals surface area (Å²) < 4.78 is 5.01. The SMILES string of the molecule is COc1ccc(CN2CCNC[C@H]2C)cc1[N+](=O)[O-].Cl. The number of rotatable bonds is 4. The number of nitro benzene ring substituents is 1. The smallest absolute Gasteiger partial charge is 0.311 e. The molecule has 0 radical (unpaired) electrons. The van der Waals surface area contributed by atoms with Crippen LogP contribution in [0.15, 0.2) is 18.2 Å². The summed E-state index contributed by atoms with van der Waals surface area (Å²) in [6.07, 6.45) is 0. The van der Waals surface area contributed by atoms with E-state index in [4.69, 9.17) is 4.74 Å². The van der Waals surface area contributed by atoms with Crippen LogP contribution >= 0.6 is 12.4 Å². The molecule has 1 atom stereocenters. The van der Waals surface area contributed by atoms with Gasteiger partial charge in [-0.3, -0.25) is 15.0 Å². The molecular weight excluding hydrogens is 282 g/mol. The quantitative estimate of drug-likeness (QED) is 0.679. The van der Waals surface area contributed by atoms with E-state index in [0.717, 1.165) is 31.7 Å². The van der Waals surface area contributed by atoms with Gasteiger partial charge in [0.2, 0.25) is 0 Å². The Balaban J connectivity index is 0.00000200. The van der Waals surface area contributed by atoms with Gasteiger partial charge in [0.15, 0.2) is 5.75 Å². The second-order valence-corrected chi connectivity index (χ2v) is 4.79. The molecule has 1 N–H and O–H groups in total. The molecule has 1 aliphatic heterocycles. The van der Waals surface area contributed by atoms with Crippen molar-refractivity contribution in [2.75, 3.05) is 26.7 Å². The zero-order valence-electron chi connectivity index (χ0n) is 11.7. The fourth-order valence-electron chi connectivity index (χ4n) is 2.33. The molecule has 0 aliphatic carbocycles. The number of nitrogens with one attached hydrogen (secondary N) is 1. The highest BCUT2D eigenvalue weighted by molar-refractivity contribution is 5.85. The highest BCUT2D eigenvalue weighted by Crippen LogP contribution is 2.28. The lowest BCUT2D eigenvalue weighted by Gasteiger charge is -2.33. The summed E-state index contributed by atoms with van der Waals surface area (Å²) in [6, 6.07) is 5.60. The van der Waals surface area contributed by atoms with Gasteiger partial charge in [-0.25, -0.2) is 0 Å². The van der Waals surface area contributed by atoms with Gasteiger partial charge in [0.25, 0.3) is 0 Å². The molecule has 0 unspecified atom stereocenters. The number of nitro groups is 1. The Hall–Kier alpha value is -1.37. The Bertz CT molecular complexity index is 470. The van der Waals surface area contributed by atoms with Crippen LogP contribution in [0.25, 0.3) is 0 Å². The van der Waals surface area contributed by atoms with Crippen molar-refractivity contribution in [1.29, 1.82) is 0 Å². The van der Waals surface area contributed by atoms with Crippen LogP contribution in [0.3, 0.4) is 0 Å². The van der Waals surface area contributed by atoms with E-state index in [1.165, 1.54) is 7.11 Å². The average molecular weight is 302 g/mol. The van der Waals surface area contributed by atoms with Crippen molar-refractivity contribution in [3.05, 3.63) is 33.9 Å². The monoisotopic (exact) mass is 301 g/mol. The fourth-order valence-corrected chi connectivity index (χ4v) is 2.33. The van der Waals surface area contributed by atoms with E-state index in [2.05, 4.69) is 17.1 Å². The Morgan fingerprint density at radius 1 is 1.55 bits per heavy atom. The van der Waals surface area contributed by atoms with E-state index in [1.807, 2.05) is 6.07 Å². The first-order valence-electron chi connectivity index (χ1n) is 6.38. The van der Waals surface area contributed by atoms with Crippen LogP contribution < -0.4 is 10.1 Å². The Kier molecular flexibility index (Phi) is 6.19. The van der Waals surface area contributed by atoms with Gasteiger partial charge in [-0.05, 0) is 18.6 Å². The van der Waals surface area contributed by atoms with Crippen molar-refractivity contribution in [2.24, 2.45) is 0 Å². The second kappa shape index (κ2) is 7.42. The standard InChI is InChI=1S/C13H19N3O3.ClH/c1-10-8-14-5-6-15(10)9-11-3-4-13(19-2)12(7-11)16(17)18;/h3-4,7,10,14H,5-6,8-9H2,1-2H3;1H/t10-;/m1./s1. The second-order valence-electron chi connectivity index (χ2n) is 4.79. The molecule has 1 aromatic rings. The molecular formula is C13H20ClN3O3. The van der Waals surface area contributed by atoms with Gasteiger partial charge in [0.05, 0.1) is 12.0 Å². The van der Waals surface area contributed by atoms with E-state index >= 15 is 0 Å². The average Bonchev–Trinajstić information content (AvgIpc) is 2.41. The van der Waals surface area contributed by atoms with Crippen molar-refractivity contribution in [3.8, 4) is 5.75 Å². The minimum absolute atomic E-state index is 0. The van der Waals surface area contributed by atoms with Crippen LogP contribution in [0, 0.1) is 10.1 Å². The zero-order valence-corrected chi connectivity index (χ0v) is 12.5. The van der Waals surface area contributed by atoms with E-state index in [1.54, 1.807) is 12.1 Å². The first kappa shape index (κ1) is 16.7. The predicted octanol–water partition coefficient (Wildman–Crippen LogP) is 1.82. The number of benzene rings is 1. The number of hydrogen-bond acceptors (Lipinski definition) is 5. The first-order valence-corrected chi connectivity index (χ1v) is 6.38. The molecule has 1 aromatic carbocycles. The fraction of sp³-hybridized carbons (Fsp3) is 0.538. The van der Waals surface area contributed by atoms with E-state index in [-0.39, 0.29) is 18.1 Å². The molecule has 20 heavy (non-hydrogen) atoms. The van der Waals surface area contributed by atoms with Gasteiger partial charge < -0.3 is 10.1 Å². The lowest BCUT2D eigenvalue weighted by atomic mass is 10.1. The van der Waals surface area contributed by atoms with Gasteiger partial charge in [-0.15, -0.1) is 12.4 Å². The number of methoxy groups -OCH3 is 1. The van der Waals surface area contributed by atoms with Gasteiger partial charge >= 0.3 is 5.69 Å². The number of halogens is 1. The maximum Gasteiger partial charge on any atom is 0.311 e. The molecule has 1 aliphatic rings. The molecule has 0 amide bonds. The number of piperazine rings is 1. The van der Waals surface area contributed by atoms with Crippen molar-refractivity contribution in [3.63, 3.8) is 0 Å². The summed E-state index contributed by atoms with van der Waals surface area (Å²) >= 11 is 0. The molecule has 7 heteroatoms. The Morgan fingerprint density at radius 2 is 2.30 bits per heavy atom. The van der Waals surface area contributed by atoms with Gasteiger partial charge in [-0.1, -0.05) is 6.07 Å². The largest absolute Gasteiger partial charge is 0.490 e. The minimum atomic E-state index is -0.399. The topological polar surface area (TPSA) is 67.6 Å². The molecule has 1 fully saturated rings. The normalized spacial score (nSPS) is 19.2. The van der Waals surface area contributed by atoms with Crippen molar-refractivity contribution < 1.29 is 9.66 Å². The summed E-state index contributed by atoms with van der Waals surface area (Å²) in [5.74, 6) is 0.308. The van der Waals surface area contributed by atoms with Crippen LogP contribution in [0.5, 0.6) is 5.75 Å². The van der Waals surface area contributed by atoms with Crippen LogP contribution in [0.2, 0.25) is 0 Å². The number of ether oxygens (including phenoxy) is 1. The van der Waals surface area contributed by atoms with Gasteiger partial charge in [-0.2, -0.15) is 0 Å². The Morgan fingerprint density at radius 3 is 2.90 bits per heavy atom. The maximum atomic E-state index is 11.0. The minimum Gasteiger partial charge on any atom is -0.490 e. The van der Waals surface area contributed by atoms with Crippen molar-refractivity contribution in [2.45, 2.75) is 19.5 Å². The van der Waals surface area contributed by atoms with Crippen molar-refractivity contribution in [1.82, 2.24) is 10.2 Å². The van der Waals surface area contributed by atoms with Gasteiger partial charge in [0, 0.05) is 38.3 Å². The summed E-state index contributed by atoms with van der Waals surface area (Å²) in [6.45, 7) is 5.76. The van der Waals surface area contributed by atoms with E-state index in [0.29, 0.717) is 11.8 Å². The third-order valence-electron chi connectivity index (χ3n) is 3.46. The molecule has 1 heterocycles. The van der Waals surface area contributed by atoms with Crippen LogP contribution in [0.4, 0.5) is 5.69 Å². The molecule has 0 aromatic heterocycles. The Labute approximate surface area is 124 Å². The van der Waals surface area contributed by atoms with E-state index < -0.39 is 4.92 Å². The maximum absolute atomic E-state index is 11.0. The summed E-state index contributed by atoms with van der Waals surface area (Å²) in [5.41, 5.74) is 0.976. The molecule has 6 nitrogen and oxygen atoms in total. The molecule has 0 saturated carbocycles. The van der Waals surface area contributed by atoms with Crippen LogP contribution in [-0.2, 0) is 6.54 Å².